The van der Waals surface area contributed by atoms with E-state index in [0.717, 1.165) is 76.6 Å². The number of nitrogens with zero attached hydrogens (tertiary/aromatic N) is 4. The van der Waals surface area contributed by atoms with E-state index < -0.39 is 0 Å². The quantitative estimate of drug-likeness (QED) is 0.128. The van der Waals surface area contributed by atoms with Gasteiger partial charge in [-0.3, -0.25) is 0 Å². The van der Waals surface area contributed by atoms with Crippen LogP contribution in [-0.2, 0) is 6.42 Å². The summed E-state index contributed by atoms with van der Waals surface area (Å²) in [6.45, 7) is 0. The van der Waals surface area contributed by atoms with E-state index in [2.05, 4.69) is 298 Å². The van der Waals surface area contributed by atoms with Gasteiger partial charge in [0.15, 0.2) is 0 Å². The number of anilines is 6. The van der Waals surface area contributed by atoms with Gasteiger partial charge in [0.1, 0.15) is 0 Å². The van der Waals surface area contributed by atoms with Crippen LogP contribution >= 0.6 is 0 Å². The Morgan fingerprint density at radius 3 is 1.24 bits per heavy atom. The van der Waals surface area contributed by atoms with E-state index in [-0.39, 0.29) is 0 Å². The maximum atomic E-state index is 2.51. The number of para-hydroxylation sites is 2. The molecular formula is C72H54N4. The molecule has 0 bridgehead atoms. The molecule has 0 saturated heterocycles. The van der Waals surface area contributed by atoms with Crippen LogP contribution in [0.3, 0.4) is 0 Å². The highest BCUT2D eigenvalue weighted by Gasteiger charge is 2.23. The Kier molecular flexibility index (Phi) is 11.4. The zero-order chi connectivity index (χ0) is 50.4. The van der Waals surface area contributed by atoms with E-state index in [9.17, 15) is 0 Å². The van der Waals surface area contributed by atoms with Gasteiger partial charge < -0.3 is 18.9 Å². The summed E-state index contributed by atoms with van der Waals surface area (Å²) < 4.78 is 4.89. The van der Waals surface area contributed by atoms with Crippen molar-refractivity contribution in [1.29, 1.82) is 0 Å². The Morgan fingerprint density at radius 1 is 0.303 bits per heavy atom. The highest BCUT2D eigenvalue weighted by molar-refractivity contribution is 6.11. The summed E-state index contributed by atoms with van der Waals surface area (Å²) in [6.07, 6.45) is 16.0. The van der Waals surface area contributed by atoms with Crippen LogP contribution in [-0.4, -0.2) is 9.13 Å². The van der Waals surface area contributed by atoms with Gasteiger partial charge in [-0.05, 0) is 168 Å². The molecule has 4 heteroatoms. The summed E-state index contributed by atoms with van der Waals surface area (Å²) in [6, 6.07) is 90.8. The van der Waals surface area contributed by atoms with Crippen LogP contribution < -0.4 is 9.80 Å². The number of benzene rings is 10. The van der Waals surface area contributed by atoms with Gasteiger partial charge in [-0.15, -0.1) is 0 Å². The molecule has 0 unspecified atom stereocenters. The number of fused-ring (bicyclic) bond motifs is 6. The maximum Gasteiger partial charge on any atom is 0.0542 e. The molecule has 2 aromatic heterocycles. The fourth-order valence-corrected chi connectivity index (χ4v) is 11.7. The van der Waals surface area contributed by atoms with Crippen molar-refractivity contribution in [1.82, 2.24) is 9.13 Å². The van der Waals surface area contributed by atoms with E-state index in [4.69, 9.17) is 0 Å². The molecule has 76 heavy (non-hydrogen) atoms. The third-order valence-electron chi connectivity index (χ3n) is 15.4. The molecule has 2 aliphatic carbocycles. The second kappa shape index (κ2) is 19.3. The Hall–Kier alpha value is -9.64. The van der Waals surface area contributed by atoms with E-state index in [1.54, 1.807) is 0 Å². The maximum absolute atomic E-state index is 2.51. The van der Waals surface area contributed by atoms with Gasteiger partial charge in [0, 0.05) is 72.9 Å². The molecule has 0 fully saturated rings. The van der Waals surface area contributed by atoms with Gasteiger partial charge in [0.25, 0.3) is 0 Å². The molecule has 0 N–H and O–H groups in total. The van der Waals surface area contributed by atoms with Crippen LogP contribution in [0.4, 0.5) is 34.1 Å². The molecule has 12 aromatic rings. The number of aromatic nitrogens is 2. The van der Waals surface area contributed by atoms with Gasteiger partial charge in [-0.1, -0.05) is 170 Å². The lowest BCUT2D eigenvalue weighted by Crippen LogP contribution is -2.10. The lowest BCUT2D eigenvalue weighted by atomic mass is 10.0. The first kappa shape index (κ1) is 45.0. The van der Waals surface area contributed by atoms with Crippen LogP contribution in [0.15, 0.2) is 273 Å². The monoisotopic (exact) mass is 974 g/mol. The van der Waals surface area contributed by atoms with Crippen LogP contribution in [0.25, 0.3) is 83.5 Å². The Balaban J connectivity index is 0.837. The zero-order valence-corrected chi connectivity index (χ0v) is 42.2. The SMILES string of the molecule is C1=CC(n2c3c(c4cc(N(c5ccc(-c6ccccc6)cc5)c5ccc(-c6ccc(N(c7ccc(-c8ccccc8)cc7)c7ccc8c(c7)c7ccccc7n8-c7ccccc7)cc6)cc5)ccc42)C=CCC3)=CCC1. The number of hydrogen-bond donors (Lipinski definition) is 0. The smallest absolute Gasteiger partial charge is 0.0542 e. The minimum Gasteiger partial charge on any atom is -0.313 e. The molecule has 0 spiro atoms. The minimum atomic E-state index is 1.03. The van der Waals surface area contributed by atoms with Gasteiger partial charge in [0.05, 0.1) is 16.6 Å². The fourth-order valence-electron chi connectivity index (χ4n) is 11.7. The first-order valence-corrected chi connectivity index (χ1v) is 26.6. The topological polar surface area (TPSA) is 16.3 Å². The molecular weight excluding hydrogens is 921 g/mol. The second-order valence-electron chi connectivity index (χ2n) is 19.9. The van der Waals surface area contributed by atoms with Crippen molar-refractivity contribution in [2.45, 2.75) is 25.7 Å². The van der Waals surface area contributed by atoms with Crippen LogP contribution in [0, 0.1) is 0 Å². The Bertz CT molecular complexity index is 4160. The highest BCUT2D eigenvalue weighted by atomic mass is 15.1. The molecule has 0 atom stereocenters. The van der Waals surface area contributed by atoms with Crippen molar-refractivity contribution in [3.63, 3.8) is 0 Å². The first-order chi connectivity index (χ1) is 37.7. The molecule has 14 rings (SSSR count). The number of rotatable bonds is 11. The zero-order valence-electron chi connectivity index (χ0n) is 42.2. The summed E-state index contributed by atoms with van der Waals surface area (Å²) in [7, 11) is 0. The van der Waals surface area contributed by atoms with Crippen LogP contribution in [0.1, 0.15) is 30.5 Å². The lowest BCUT2D eigenvalue weighted by Gasteiger charge is -2.27. The Morgan fingerprint density at radius 2 is 0.724 bits per heavy atom. The van der Waals surface area contributed by atoms with Gasteiger partial charge in [0.2, 0.25) is 0 Å². The van der Waals surface area contributed by atoms with Crippen molar-refractivity contribution < 1.29 is 0 Å². The number of hydrogen-bond acceptors (Lipinski definition) is 2. The molecule has 2 aliphatic rings. The van der Waals surface area contributed by atoms with Crippen LogP contribution in [0.5, 0.6) is 0 Å². The van der Waals surface area contributed by atoms with Gasteiger partial charge in [-0.25, -0.2) is 0 Å². The molecule has 0 amide bonds. The molecule has 0 aliphatic heterocycles. The third-order valence-corrected chi connectivity index (χ3v) is 15.4. The predicted molar refractivity (Wildman–Crippen MR) is 322 cm³/mol. The average Bonchev–Trinajstić information content (AvgIpc) is 4.02. The summed E-state index contributed by atoms with van der Waals surface area (Å²) in [5, 5.41) is 3.72. The molecule has 2 heterocycles. The lowest BCUT2D eigenvalue weighted by molar-refractivity contribution is 0.892. The van der Waals surface area contributed by atoms with E-state index >= 15 is 0 Å². The highest BCUT2D eigenvalue weighted by Crippen LogP contribution is 2.44. The van der Waals surface area contributed by atoms with Gasteiger partial charge >= 0.3 is 0 Å². The molecule has 362 valence electrons. The Labute approximate surface area is 444 Å². The summed E-state index contributed by atoms with van der Waals surface area (Å²) >= 11 is 0. The van der Waals surface area contributed by atoms with E-state index in [1.807, 2.05) is 0 Å². The fraction of sp³-hybridized carbons (Fsp3) is 0.0556. The predicted octanol–water partition coefficient (Wildman–Crippen LogP) is 19.8. The van der Waals surface area contributed by atoms with Gasteiger partial charge in [-0.2, -0.15) is 0 Å². The van der Waals surface area contributed by atoms with Crippen LogP contribution in [0.2, 0.25) is 0 Å². The van der Waals surface area contributed by atoms with Crippen molar-refractivity contribution in [2.24, 2.45) is 0 Å². The third kappa shape index (κ3) is 8.12. The molecule has 0 saturated carbocycles. The molecule has 0 radical (unpaired) electrons. The normalized spacial score (nSPS) is 13.0. The number of allylic oxidation sites excluding steroid dienone is 5. The minimum absolute atomic E-state index is 1.03. The molecule has 4 nitrogen and oxygen atoms in total. The van der Waals surface area contributed by atoms with Crippen molar-refractivity contribution in [2.75, 3.05) is 9.80 Å². The first-order valence-electron chi connectivity index (χ1n) is 26.6. The van der Waals surface area contributed by atoms with E-state index in [0.29, 0.717) is 0 Å². The summed E-state index contributed by atoms with van der Waals surface area (Å²) in [5.41, 5.74) is 22.5. The molecule has 10 aromatic carbocycles. The van der Waals surface area contributed by atoms with E-state index in [1.165, 1.54) is 71.9 Å². The average molecular weight is 975 g/mol. The summed E-state index contributed by atoms with van der Waals surface area (Å²) in [5.74, 6) is 0. The second-order valence-corrected chi connectivity index (χ2v) is 19.9. The summed E-state index contributed by atoms with van der Waals surface area (Å²) in [4.78, 5) is 4.80. The van der Waals surface area contributed by atoms with Crippen molar-refractivity contribution in [3.05, 3.63) is 284 Å². The van der Waals surface area contributed by atoms with Crippen molar-refractivity contribution in [3.8, 4) is 39.1 Å². The standard InChI is InChI=1S/C72H54N4/c1-5-17-51(18-6-1)53-29-37-59(38-30-53)73(63-45-47-71-67(49-63)65-25-13-15-27-69(65)75(71)57-21-9-3-10-22-57)61-41-33-55(34-42-61)56-35-43-62(44-36-56)74(60-39-31-54(32-40-60)52-19-7-2-8-20-52)64-46-48-72-68(50-64)66-26-14-16-28-70(66)76(72)58-23-11-4-12-24-58/h1-3,5-11,13-15,17-27,29-50H,4,12,16,28H2. The van der Waals surface area contributed by atoms with Crippen molar-refractivity contribution >= 4 is 78.6 Å². The largest absolute Gasteiger partial charge is 0.313 e.